The van der Waals surface area contributed by atoms with Crippen molar-refractivity contribution in [3.05, 3.63) is 23.8 Å². The molecule has 1 spiro atoms. The van der Waals surface area contributed by atoms with Crippen molar-refractivity contribution in [1.29, 1.82) is 0 Å². The van der Waals surface area contributed by atoms with Gasteiger partial charge in [-0.15, -0.1) is 0 Å². The number of carbonyl (C=O) groups is 2. The molecular weight excluding hydrogens is 288 g/mol. The number of rotatable bonds is 2. The van der Waals surface area contributed by atoms with Gasteiger partial charge in [0.2, 0.25) is 11.8 Å². The van der Waals surface area contributed by atoms with Gasteiger partial charge in [0.05, 0.1) is 17.1 Å². The van der Waals surface area contributed by atoms with Crippen LogP contribution in [-0.2, 0) is 16.1 Å². The van der Waals surface area contributed by atoms with Crippen LogP contribution in [0.3, 0.4) is 0 Å². The summed E-state index contributed by atoms with van der Waals surface area (Å²) in [6.45, 7) is 2.27. The van der Waals surface area contributed by atoms with Crippen LogP contribution in [-0.4, -0.2) is 38.6 Å². The predicted molar refractivity (Wildman–Crippen MR) is 77.5 cm³/mol. The number of hydrogen-bond acceptors (Lipinski definition) is 6. The second-order valence-corrected chi connectivity index (χ2v) is 6.41. The van der Waals surface area contributed by atoms with E-state index in [2.05, 4.69) is 25.0 Å². The number of benzene rings is 1. The summed E-state index contributed by atoms with van der Waals surface area (Å²) in [6.07, 6.45) is 1.09. The molecule has 0 aliphatic carbocycles. The molecule has 0 bridgehead atoms. The van der Waals surface area contributed by atoms with Gasteiger partial charge in [0.1, 0.15) is 11.0 Å². The lowest BCUT2D eigenvalue weighted by Crippen LogP contribution is -2.34. The molecule has 2 fully saturated rings. The Hall–Kier alpha value is -1.86. The van der Waals surface area contributed by atoms with Crippen molar-refractivity contribution in [2.45, 2.75) is 19.4 Å². The third-order valence-electron chi connectivity index (χ3n) is 4.39. The largest absolute Gasteiger partial charge is 0.298 e. The zero-order chi connectivity index (χ0) is 14.4. The molecule has 108 valence electrons. The highest BCUT2D eigenvalue weighted by Crippen LogP contribution is 2.38. The van der Waals surface area contributed by atoms with Crippen LogP contribution in [0.2, 0.25) is 0 Å². The number of fused-ring (bicyclic) bond motifs is 1. The molecule has 1 atom stereocenters. The second kappa shape index (κ2) is 4.57. The Balaban J connectivity index is 1.51. The highest BCUT2D eigenvalue weighted by molar-refractivity contribution is 7.00. The van der Waals surface area contributed by atoms with Crippen LogP contribution in [0, 0.1) is 5.41 Å². The smallest absolute Gasteiger partial charge is 0.234 e. The monoisotopic (exact) mass is 302 g/mol. The van der Waals surface area contributed by atoms with Gasteiger partial charge in [-0.1, -0.05) is 6.07 Å². The number of likely N-dealkylation sites (tertiary alicyclic amines) is 1. The molecule has 2 aromatic rings. The van der Waals surface area contributed by atoms with Gasteiger partial charge in [0, 0.05) is 19.5 Å². The summed E-state index contributed by atoms with van der Waals surface area (Å²) in [6, 6.07) is 6.07. The average molecular weight is 302 g/mol. The van der Waals surface area contributed by atoms with Crippen LogP contribution in [0.15, 0.2) is 18.2 Å². The van der Waals surface area contributed by atoms with Gasteiger partial charge in [-0.25, -0.2) is 0 Å². The van der Waals surface area contributed by atoms with E-state index in [0.29, 0.717) is 13.0 Å². The van der Waals surface area contributed by atoms with Crippen LogP contribution in [0.1, 0.15) is 18.4 Å². The highest BCUT2D eigenvalue weighted by atomic mass is 32.1. The Morgan fingerprint density at radius 3 is 2.95 bits per heavy atom. The first-order valence-corrected chi connectivity index (χ1v) is 7.66. The van der Waals surface area contributed by atoms with Crippen molar-refractivity contribution in [3.8, 4) is 0 Å². The maximum absolute atomic E-state index is 12.0. The molecule has 2 saturated heterocycles. The van der Waals surface area contributed by atoms with E-state index < -0.39 is 5.41 Å². The molecule has 2 aliphatic rings. The molecule has 4 rings (SSSR count). The lowest BCUT2D eigenvalue weighted by Gasteiger charge is -2.20. The van der Waals surface area contributed by atoms with Gasteiger partial charge in [0.15, 0.2) is 0 Å². The number of nitrogens with zero attached hydrogens (tertiary/aromatic N) is 3. The summed E-state index contributed by atoms with van der Waals surface area (Å²) in [4.78, 5) is 25.6. The van der Waals surface area contributed by atoms with Crippen LogP contribution in [0.25, 0.3) is 11.0 Å². The fraction of sp³-hybridized carbons (Fsp3) is 0.429. The highest BCUT2D eigenvalue weighted by Gasteiger charge is 2.50. The number of amides is 2. The number of nitrogens with one attached hydrogen (secondary N) is 1. The minimum absolute atomic E-state index is 0.103. The molecule has 2 amide bonds. The maximum Gasteiger partial charge on any atom is 0.234 e. The number of aromatic nitrogens is 2. The van der Waals surface area contributed by atoms with Crippen LogP contribution in [0.5, 0.6) is 0 Å². The van der Waals surface area contributed by atoms with Gasteiger partial charge >= 0.3 is 0 Å². The molecule has 0 saturated carbocycles. The third kappa shape index (κ3) is 2.13. The summed E-state index contributed by atoms with van der Waals surface area (Å²) >= 11 is 1.22. The summed E-state index contributed by atoms with van der Waals surface area (Å²) in [7, 11) is 0. The van der Waals surface area contributed by atoms with Crippen molar-refractivity contribution in [1.82, 2.24) is 19.0 Å². The number of carbonyl (C=O) groups excluding carboxylic acids is 2. The van der Waals surface area contributed by atoms with Gasteiger partial charge in [-0.2, -0.15) is 8.75 Å². The zero-order valence-corrected chi connectivity index (χ0v) is 12.2. The molecule has 1 aromatic carbocycles. The molecule has 0 radical (unpaired) electrons. The van der Waals surface area contributed by atoms with E-state index in [1.165, 1.54) is 11.7 Å². The van der Waals surface area contributed by atoms with Gasteiger partial charge in [0.25, 0.3) is 0 Å². The zero-order valence-electron chi connectivity index (χ0n) is 11.3. The standard InChI is InChI=1S/C14H14N4O2S/c19-12-6-14(13(20)15-12)3-4-18(8-14)7-9-1-2-10-11(5-9)17-21-16-10/h1-2,5H,3-4,6-8H2,(H,15,19,20)/t14-/m0/s1. The van der Waals surface area contributed by atoms with Crippen molar-refractivity contribution in [3.63, 3.8) is 0 Å². The first-order valence-electron chi connectivity index (χ1n) is 6.93. The molecule has 6 nitrogen and oxygen atoms in total. The maximum atomic E-state index is 12.0. The number of imide groups is 1. The van der Waals surface area contributed by atoms with Gasteiger partial charge in [-0.05, 0) is 30.7 Å². The molecule has 21 heavy (non-hydrogen) atoms. The minimum Gasteiger partial charge on any atom is -0.298 e. The van der Waals surface area contributed by atoms with E-state index in [-0.39, 0.29) is 11.8 Å². The van der Waals surface area contributed by atoms with E-state index in [1.807, 2.05) is 12.1 Å². The van der Waals surface area contributed by atoms with Crippen molar-refractivity contribution in [2.24, 2.45) is 5.41 Å². The van der Waals surface area contributed by atoms with E-state index in [0.717, 1.165) is 36.1 Å². The SMILES string of the molecule is O=C1C[C@]2(CCN(Cc3ccc4nsnc4c3)C2)C(=O)N1. The molecule has 1 aromatic heterocycles. The van der Waals surface area contributed by atoms with Crippen molar-refractivity contribution < 1.29 is 9.59 Å². The summed E-state index contributed by atoms with van der Waals surface area (Å²) in [5.41, 5.74) is 2.50. The van der Waals surface area contributed by atoms with E-state index >= 15 is 0 Å². The lowest BCUT2D eigenvalue weighted by molar-refractivity contribution is -0.128. The number of hydrogen-bond donors (Lipinski definition) is 1. The van der Waals surface area contributed by atoms with E-state index in [4.69, 9.17) is 0 Å². The fourth-order valence-electron chi connectivity index (χ4n) is 3.30. The minimum atomic E-state index is -0.497. The molecule has 2 aliphatic heterocycles. The summed E-state index contributed by atoms with van der Waals surface area (Å²) in [5.74, 6) is -0.244. The predicted octanol–water partition coefficient (Wildman–Crippen LogP) is 0.930. The van der Waals surface area contributed by atoms with Crippen molar-refractivity contribution >= 4 is 34.6 Å². The average Bonchev–Trinajstić information content (AvgIpc) is 3.11. The Kier molecular flexibility index (Phi) is 2.80. The van der Waals surface area contributed by atoms with Crippen LogP contribution < -0.4 is 5.32 Å². The van der Waals surface area contributed by atoms with Crippen LogP contribution in [0.4, 0.5) is 0 Å². The molecule has 7 heteroatoms. The fourth-order valence-corrected chi connectivity index (χ4v) is 3.82. The Morgan fingerprint density at radius 1 is 1.29 bits per heavy atom. The normalized spacial score (nSPS) is 26.1. The molecule has 3 heterocycles. The first-order chi connectivity index (χ1) is 10.1. The lowest BCUT2D eigenvalue weighted by atomic mass is 9.85. The second-order valence-electron chi connectivity index (χ2n) is 5.88. The first kappa shape index (κ1) is 12.8. The Bertz CT molecular complexity index is 743. The van der Waals surface area contributed by atoms with Gasteiger partial charge < -0.3 is 0 Å². The molecule has 0 unspecified atom stereocenters. The Morgan fingerprint density at radius 2 is 2.14 bits per heavy atom. The van der Waals surface area contributed by atoms with E-state index in [1.54, 1.807) is 0 Å². The Labute approximate surface area is 125 Å². The van der Waals surface area contributed by atoms with E-state index in [9.17, 15) is 9.59 Å². The topological polar surface area (TPSA) is 75.2 Å². The van der Waals surface area contributed by atoms with Crippen LogP contribution >= 0.6 is 11.7 Å². The molecular formula is C14H14N4O2S. The van der Waals surface area contributed by atoms with Crippen molar-refractivity contribution in [2.75, 3.05) is 13.1 Å². The summed E-state index contributed by atoms with van der Waals surface area (Å²) < 4.78 is 8.44. The third-order valence-corrected chi connectivity index (χ3v) is 4.95. The van der Waals surface area contributed by atoms with Gasteiger partial charge in [-0.3, -0.25) is 19.8 Å². The summed E-state index contributed by atoms with van der Waals surface area (Å²) in [5, 5.41) is 2.43. The quantitative estimate of drug-likeness (QED) is 0.835. The molecule has 1 N–H and O–H groups in total.